The van der Waals surface area contributed by atoms with Gasteiger partial charge in [0.25, 0.3) is 10.0 Å². The van der Waals surface area contributed by atoms with E-state index in [1.165, 1.54) is 0 Å². The SMILES string of the molecule is CCOc1ccc(S(=O)(=O)Nc2cccc(C)c2C)cc1. The van der Waals surface area contributed by atoms with Crippen LogP contribution in [-0.4, -0.2) is 15.0 Å². The van der Waals surface area contributed by atoms with Crippen molar-refractivity contribution >= 4 is 15.7 Å². The predicted molar refractivity (Wildman–Crippen MR) is 84.3 cm³/mol. The van der Waals surface area contributed by atoms with Crippen LogP contribution in [0.5, 0.6) is 5.75 Å². The lowest BCUT2D eigenvalue weighted by Gasteiger charge is -2.12. The highest BCUT2D eigenvalue weighted by Gasteiger charge is 2.15. The van der Waals surface area contributed by atoms with Crippen LogP contribution in [0.4, 0.5) is 5.69 Å². The topological polar surface area (TPSA) is 55.4 Å². The molecule has 1 N–H and O–H groups in total. The Morgan fingerprint density at radius 1 is 1.05 bits per heavy atom. The smallest absolute Gasteiger partial charge is 0.261 e. The Bertz CT molecular complexity index is 722. The van der Waals surface area contributed by atoms with Crippen molar-refractivity contribution in [2.24, 2.45) is 0 Å². The second kappa shape index (κ2) is 6.18. The van der Waals surface area contributed by atoms with E-state index in [2.05, 4.69) is 4.72 Å². The molecule has 0 saturated carbocycles. The summed E-state index contributed by atoms with van der Waals surface area (Å²) < 4.78 is 32.7. The monoisotopic (exact) mass is 305 g/mol. The minimum atomic E-state index is -3.59. The highest BCUT2D eigenvalue weighted by atomic mass is 32.2. The number of benzene rings is 2. The van der Waals surface area contributed by atoms with Gasteiger partial charge in [0.15, 0.2) is 0 Å². The van der Waals surface area contributed by atoms with Crippen LogP contribution in [0.1, 0.15) is 18.1 Å². The minimum Gasteiger partial charge on any atom is -0.494 e. The maximum Gasteiger partial charge on any atom is 0.261 e. The highest BCUT2D eigenvalue weighted by molar-refractivity contribution is 7.92. The van der Waals surface area contributed by atoms with E-state index < -0.39 is 10.0 Å². The summed E-state index contributed by atoms with van der Waals surface area (Å²) in [5, 5.41) is 0. The van der Waals surface area contributed by atoms with Gasteiger partial charge in [-0.2, -0.15) is 0 Å². The molecular weight excluding hydrogens is 286 g/mol. The number of hydrogen-bond acceptors (Lipinski definition) is 3. The largest absolute Gasteiger partial charge is 0.494 e. The first kappa shape index (κ1) is 15.4. The van der Waals surface area contributed by atoms with Gasteiger partial charge < -0.3 is 4.74 Å². The zero-order valence-electron chi connectivity index (χ0n) is 12.4. The third-order valence-corrected chi connectivity index (χ3v) is 4.68. The van der Waals surface area contributed by atoms with Crippen LogP contribution in [0, 0.1) is 13.8 Å². The summed E-state index contributed by atoms with van der Waals surface area (Å²) in [5.41, 5.74) is 2.57. The summed E-state index contributed by atoms with van der Waals surface area (Å²) >= 11 is 0. The van der Waals surface area contributed by atoms with Gasteiger partial charge in [-0.3, -0.25) is 4.72 Å². The van der Waals surface area contributed by atoms with E-state index >= 15 is 0 Å². The molecule has 0 aromatic heterocycles. The van der Waals surface area contributed by atoms with Crippen molar-refractivity contribution in [3.05, 3.63) is 53.6 Å². The van der Waals surface area contributed by atoms with Crippen molar-refractivity contribution in [2.75, 3.05) is 11.3 Å². The van der Waals surface area contributed by atoms with Crippen LogP contribution in [0.25, 0.3) is 0 Å². The number of sulfonamides is 1. The van der Waals surface area contributed by atoms with Gasteiger partial charge in [-0.15, -0.1) is 0 Å². The molecular formula is C16H19NO3S. The first-order valence-corrected chi connectivity index (χ1v) is 8.24. The van der Waals surface area contributed by atoms with E-state index in [1.807, 2.05) is 32.9 Å². The fourth-order valence-electron chi connectivity index (χ4n) is 1.95. The van der Waals surface area contributed by atoms with Gasteiger partial charge >= 0.3 is 0 Å². The summed E-state index contributed by atoms with van der Waals surface area (Å²) in [6.45, 7) is 6.27. The number of ether oxygens (including phenoxy) is 1. The van der Waals surface area contributed by atoms with Gasteiger partial charge in [0.05, 0.1) is 17.2 Å². The molecule has 0 aliphatic rings. The first-order chi connectivity index (χ1) is 9.94. The summed E-state index contributed by atoms with van der Waals surface area (Å²) in [6.07, 6.45) is 0. The Morgan fingerprint density at radius 3 is 2.33 bits per heavy atom. The fourth-order valence-corrected chi connectivity index (χ4v) is 3.07. The van der Waals surface area contributed by atoms with Crippen LogP contribution < -0.4 is 9.46 Å². The van der Waals surface area contributed by atoms with Crippen LogP contribution in [0.3, 0.4) is 0 Å². The van der Waals surface area contributed by atoms with Crippen molar-refractivity contribution in [3.63, 3.8) is 0 Å². The first-order valence-electron chi connectivity index (χ1n) is 6.76. The molecule has 2 aromatic rings. The van der Waals surface area contributed by atoms with Crippen LogP contribution in [-0.2, 0) is 10.0 Å². The third kappa shape index (κ3) is 3.55. The van der Waals surface area contributed by atoms with E-state index in [1.54, 1.807) is 30.3 Å². The van der Waals surface area contributed by atoms with Gasteiger partial charge in [0.1, 0.15) is 5.75 Å². The molecule has 0 amide bonds. The molecule has 5 heteroatoms. The minimum absolute atomic E-state index is 0.215. The molecule has 2 aromatic carbocycles. The number of anilines is 1. The van der Waals surface area contributed by atoms with Gasteiger partial charge in [-0.1, -0.05) is 12.1 Å². The van der Waals surface area contributed by atoms with Gasteiger partial charge in [0, 0.05) is 0 Å². The van der Waals surface area contributed by atoms with Crippen molar-refractivity contribution in [3.8, 4) is 5.75 Å². The molecule has 0 unspecified atom stereocenters. The summed E-state index contributed by atoms with van der Waals surface area (Å²) in [5.74, 6) is 0.656. The Morgan fingerprint density at radius 2 is 1.71 bits per heavy atom. The standard InChI is InChI=1S/C16H19NO3S/c1-4-20-14-8-10-15(11-9-14)21(18,19)17-16-7-5-6-12(2)13(16)3/h5-11,17H,4H2,1-3H3. The molecule has 21 heavy (non-hydrogen) atoms. The lowest BCUT2D eigenvalue weighted by atomic mass is 10.1. The Labute approximate surface area is 125 Å². The van der Waals surface area contributed by atoms with Crippen LogP contribution >= 0.6 is 0 Å². The molecule has 0 atom stereocenters. The van der Waals surface area contributed by atoms with Gasteiger partial charge in [-0.05, 0) is 62.2 Å². The van der Waals surface area contributed by atoms with E-state index in [9.17, 15) is 8.42 Å². The van der Waals surface area contributed by atoms with Crippen molar-refractivity contribution < 1.29 is 13.2 Å². The molecule has 2 rings (SSSR count). The van der Waals surface area contributed by atoms with Crippen LogP contribution in [0.2, 0.25) is 0 Å². The maximum atomic E-state index is 12.4. The van der Waals surface area contributed by atoms with E-state index in [4.69, 9.17) is 4.74 Å². The molecule has 0 aliphatic carbocycles. The summed E-state index contributed by atoms with van der Waals surface area (Å²) in [7, 11) is -3.59. The summed E-state index contributed by atoms with van der Waals surface area (Å²) in [6, 6.07) is 11.9. The lowest BCUT2D eigenvalue weighted by molar-refractivity contribution is 0.340. The highest BCUT2D eigenvalue weighted by Crippen LogP contribution is 2.23. The second-order valence-corrected chi connectivity index (χ2v) is 6.44. The number of nitrogens with one attached hydrogen (secondary N) is 1. The molecule has 0 radical (unpaired) electrons. The zero-order valence-corrected chi connectivity index (χ0v) is 13.2. The van der Waals surface area contributed by atoms with E-state index in [0.29, 0.717) is 18.0 Å². The molecule has 0 heterocycles. The molecule has 0 aliphatic heterocycles. The van der Waals surface area contributed by atoms with Crippen molar-refractivity contribution in [1.82, 2.24) is 0 Å². The Balaban J connectivity index is 2.27. The number of aryl methyl sites for hydroxylation is 1. The van der Waals surface area contributed by atoms with E-state index in [0.717, 1.165) is 11.1 Å². The summed E-state index contributed by atoms with van der Waals surface area (Å²) in [4.78, 5) is 0.215. The fraction of sp³-hybridized carbons (Fsp3) is 0.250. The number of hydrogen-bond donors (Lipinski definition) is 1. The maximum absolute atomic E-state index is 12.4. The van der Waals surface area contributed by atoms with Gasteiger partial charge in [0.2, 0.25) is 0 Å². The second-order valence-electron chi connectivity index (χ2n) is 4.76. The average molecular weight is 305 g/mol. The van der Waals surface area contributed by atoms with Crippen molar-refractivity contribution in [1.29, 1.82) is 0 Å². The lowest BCUT2D eigenvalue weighted by Crippen LogP contribution is -2.14. The Hall–Kier alpha value is -2.01. The quantitative estimate of drug-likeness (QED) is 0.919. The molecule has 0 fully saturated rings. The normalized spacial score (nSPS) is 11.2. The molecule has 0 bridgehead atoms. The zero-order chi connectivity index (χ0) is 15.5. The van der Waals surface area contributed by atoms with Gasteiger partial charge in [-0.25, -0.2) is 8.42 Å². The van der Waals surface area contributed by atoms with E-state index in [-0.39, 0.29) is 4.90 Å². The van der Waals surface area contributed by atoms with Crippen LogP contribution in [0.15, 0.2) is 47.4 Å². The molecule has 112 valence electrons. The van der Waals surface area contributed by atoms with Crippen molar-refractivity contribution in [2.45, 2.75) is 25.7 Å². The third-order valence-electron chi connectivity index (χ3n) is 3.29. The average Bonchev–Trinajstić information content (AvgIpc) is 2.45. The molecule has 0 spiro atoms. The molecule has 4 nitrogen and oxygen atoms in total. The number of rotatable bonds is 5. The Kier molecular flexibility index (Phi) is 4.53. The molecule has 0 saturated heterocycles. The predicted octanol–water partition coefficient (Wildman–Crippen LogP) is 3.50.